The van der Waals surface area contributed by atoms with Crippen LogP contribution in [0.25, 0.3) is 0 Å². The summed E-state index contributed by atoms with van der Waals surface area (Å²) < 4.78 is 0.336. The molecular formula is C5H7Cl2NO2S. The zero-order valence-electron chi connectivity index (χ0n) is 5.46. The Morgan fingerprint density at radius 3 is 2.73 bits per heavy atom. The van der Waals surface area contributed by atoms with Crippen molar-refractivity contribution in [2.24, 2.45) is 5.73 Å². The molecule has 0 aliphatic rings. The molecule has 3 nitrogen and oxygen atoms in total. The Kier molecular flexibility index (Phi) is 5.76. The van der Waals surface area contributed by atoms with Gasteiger partial charge in [0.25, 0.3) is 0 Å². The number of hydrogen-bond donors (Lipinski definition) is 2. The van der Waals surface area contributed by atoms with E-state index in [1.807, 2.05) is 0 Å². The molecule has 0 fully saturated rings. The minimum atomic E-state index is -1.04. The molecule has 0 aliphatic heterocycles. The van der Waals surface area contributed by atoms with E-state index in [0.29, 0.717) is 4.36 Å². The molecule has 0 spiro atoms. The van der Waals surface area contributed by atoms with Crippen molar-refractivity contribution in [1.29, 1.82) is 0 Å². The molecular weight excluding hydrogens is 209 g/mol. The van der Waals surface area contributed by atoms with Crippen LogP contribution in [0.3, 0.4) is 0 Å². The van der Waals surface area contributed by atoms with Crippen LogP contribution >= 0.6 is 35.0 Å². The molecule has 1 atom stereocenters. The summed E-state index contributed by atoms with van der Waals surface area (Å²) in [5.74, 6) is -0.825. The molecule has 0 saturated carbocycles. The summed E-state index contributed by atoms with van der Waals surface area (Å²) in [5.41, 5.74) is 6.34. The second kappa shape index (κ2) is 5.71. The smallest absolute Gasteiger partial charge is 0.321 e. The molecule has 0 bridgehead atoms. The topological polar surface area (TPSA) is 63.3 Å². The lowest BCUT2D eigenvalue weighted by molar-refractivity contribution is -0.137. The molecule has 0 aliphatic carbocycles. The van der Waals surface area contributed by atoms with Gasteiger partial charge < -0.3 is 10.8 Å². The molecule has 6 heteroatoms. The van der Waals surface area contributed by atoms with Crippen LogP contribution in [-0.2, 0) is 4.79 Å². The molecule has 0 heterocycles. The average Bonchev–Trinajstić information content (AvgIpc) is 1.99. The number of halogens is 2. The standard InChI is InChI=1S/C5H7Cl2NO2S/c6-1-4(7)11-2-3(8)5(9)10/h1,3H,2,8H2,(H,9,10)/b4-1-/t3-/m1/s1. The summed E-state index contributed by atoms with van der Waals surface area (Å²) in [4.78, 5) is 10.2. The first kappa shape index (κ1) is 11.1. The van der Waals surface area contributed by atoms with E-state index < -0.39 is 12.0 Å². The van der Waals surface area contributed by atoms with Crippen molar-refractivity contribution in [2.45, 2.75) is 6.04 Å². The van der Waals surface area contributed by atoms with E-state index >= 15 is 0 Å². The van der Waals surface area contributed by atoms with Gasteiger partial charge in [0.05, 0.1) is 4.36 Å². The molecule has 0 radical (unpaired) electrons. The molecule has 0 aromatic rings. The molecule has 0 aromatic carbocycles. The molecule has 11 heavy (non-hydrogen) atoms. The number of carboxylic acid groups (broad SMARTS) is 1. The lowest BCUT2D eigenvalue weighted by Gasteiger charge is -2.03. The fraction of sp³-hybridized carbons (Fsp3) is 0.400. The maximum Gasteiger partial charge on any atom is 0.321 e. The van der Waals surface area contributed by atoms with Gasteiger partial charge in [-0.2, -0.15) is 0 Å². The summed E-state index contributed by atoms with van der Waals surface area (Å²) in [7, 11) is 0. The minimum absolute atomic E-state index is 0.220. The van der Waals surface area contributed by atoms with Crippen LogP contribution in [0, 0.1) is 0 Å². The number of hydrogen-bond acceptors (Lipinski definition) is 3. The van der Waals surface area contributed by atoms with Crippen LogP contribution in [0.1, 0.15) is 0 Å². The van der Waals surface area contributed by atoms with E-state index in [1.54, 1.807) is 0 Å². The van der Waals surface area contributed by atoms with Crippen LogP contribution in [0.4, 0.5) is 0 Å². The van der Waals surface area contributed by atoms with E-state index in [4.69, 9.17) is 34.0 Å². The van der Waals surface area contributed by atoms with Crippen molar-refractivity contribution in [3.8, 4) is 0 Å². The first-order valence-corrected chi connectivity index (χ1v) is 4.45. The maximum atomic E-state index is 10.2. The molecule has 3 N–H and O–H groups in total. The molecule has 0 aromatic heterocycles. The predicted molar refractivity (Wildman–Crippen MR) is 47.9 cm³/mol. The number of carboxylic acids is 1. The minimum Gasteiger partial charge on any atom is -0.480 e. The van der Waals surface area contributed by atoms with Crippen molar-refractivity contribution >= 4 is 40.9 Å². The Morgan fingerprint density at radius 1 is 1.82 bits per heavy atom. The summed E-state index contributed by atoms with van der Waals surface area (Å²) in [6.07, 6.45) is 0. The SMILES string of the molecule is N[C@H](CS/C(Cl)=C\Cl)C(=O)O. The fourth-order valence-electron chi connectivity index (χ4n) is 0.272. The van der Waals surface area contributed by atoms with Gasteiger partial charge in [-0.25, -0.2) is 0 Å². The van der Waals surface area contributed by atoms with Crippen molar-refractivity contribution in [2.75, 3.05) is 5.75 Å². The van der Waals surface area contributed by atoms with Crippen LogP contribution in [0.5, 0.6) is 0 Å². The number of aliphatic carboxylic acids is 1. The number of nitrogens with two attached hydrogens (primary N) is 1. The zero-order chi connectivity index (χ0) is 8.85. The molecule has 0 amide bonds. The van der Waals surface area contributed by atoms with Crippen molar-refractivity contribution in [3.05, 3.63) is 9.90 Å². The van der Waals surface area contributed by atoms with Gasteiger partial charge >= 0.3 is 5.97 Å². The number of carbonyl (C=O) groups is 1. The van der Waals surface area contributed by atoms with Crippen molar-refractivity contribution in [3.63, 3.8) is 0 Å². The third-order valence-electron chi connectivity index (χ3n) is 0.804. The Balaban J connectivity index is 3.62. The first-order valence-electron chi connectivity index (χ1n) is 2.65. The normalized spacial score (nSPS) is 14.6. The number of thioether (sulfide) groups is 1. The van der Waals surface area contributed by atoms with Gasteiger partial charge in [0.1, 0.15) is 6.04 Å². The quantitative estimate of drug-likeness (QED) is 0.745. The summed E-state index contributed by atoms with van der Waals surface area (Å²) >= 11 is 11.8. The van der Waals surface area contributed by atoms with Gasteiger partial charge in [0.2, 0.25) is 0 Å². The van der Waals surface area contributed by atoms with E-state index in [1.165, 1.54) is 5.54 Å². The highest BCUT2D eigenvalue weighted by Gasteiger charge is 2.11. The second-order valence-electron chi connectivity index (χ2n) is 1.67. The second-order valence-corrected chi connectivity index (χ2v) is 3.58. The van der Waals surface area contributed by atoms with Crippen LogP contribution in [0.2, 0.25) is 0 Å². The van der Waals surface area contributed by atoms with Crippen LogP contribution < -0.4 is 5.73 Å². The first-order chi connectivity index (χ1) is 5.07. The monoisotopic (exact) mass is 215 g/mol. The van der Waals surface area contributed by atoms with Gasteiger partial charge in [0, 0.05) is 11.3 Å². The summed E-state index contributed by atoms with van der Waals surface area (Å²) in [5, 5.41) is 8.33. The van der Waals surface area contributed by atoms with Crippen molar-refractivity contribution < 1.29 is 9.90 Å². The Morgan fingerprint density at radius 2 is 2.36 bits per heavy atom. The van der Waals surface area contributed by atoms with Gasteiger partial charge in [0.15, 0.2) is 0 Å². The zero-order valence-corrected chi connectivity index (χ0v) is 7.79. The average molecular weight is 216 g/mol. The number of rotatable bonds is 4. The fourth-order valence-corrected chi connectivity index (χ4v) is 1.19. The summed E-state index contributed by atoms with van der Waals surface area (Å²) in [6, 6.07) is -0.898. The van der Waals surface area contributed by atoms with Gasteiger partial charge in [-0.1, -0.05) is 23.2 Å². The van der Waals surface area contributed by atoms with Crippen molar-refractivity contribution in [1.82, 2.24) is 0 Å². The molecule has 64 valence electrons. The summed E-state index contributed by atoms with van der Waals surface area (Å²) in [6.45, 7) is 0. The van der Waals surface area contributed by atoms with E-state index in [2.05, 4.69) is 0 Å². The van der Waals surface area contributed by atoms with E-state index in [0.717, 1.165) is 11.8 Å². The highest BCUT2D eigenvalue weighted by molar-refractivity contribution is 8.04. The largest absolute Gasteiger partial charge is 0.480 e. The van der Waals surface area contributed by atoms with Gasteiger partial charge in [-0.3, -0.25) is 4.79 Å². The third-order valence-corrected chi connectivity index (χ3v) is 2.62. The predicted octanol–water partition coefficient (Wildman–Crippen LogP) is 1.41. The molecule has 0 saturated heterocycles. The van der Waals surface area contributed by atoms with Gasteiger partial charge in [-0.05, 0) is 0 Å². The molecule has 0 rings (SSSR count). The Bertz CT molecular complexity index is 174. The van der Waals surface area contributed by atoms with Crippen LogP contribution in [-0.4, -0.2) is 22.9 Å². The Hall–Kier alpha value is 0.1000. The van der Waals surface area contributed by atoms with E-state index in [9.17, 15) is 4.79 Å². The lowest BCUT2D eigenvalue weighted by Crippen LogP contribution is -2.32. The third kappa shape index (κ3) is 5.38. The highest BCUT2D eigenvalue weighted by Crippen LogP contribution is 2.20. The lowest BCUT2D eigenvalue weighted by atomic mass is 10.4. The van der Waals surface area contributed by atoms with Crippen LogP contribution in [0.15, 0.2) is 9.90 Å². The Labute approximate surface area is 78.5 Å². The molecule has 0 unspecified atom stereocenters. The van der Waals surface area contributed by atoms with E-state index in [-0.39, 0.29) is 5.75 Å². The highest BCUT2D eigenvalue weighted by atomic mass is 35.5. The van der Waals surface area contributed by atoms with Gasteiger partial charge in [-0.15, -0.1) is 11.8 Å². The maximum absolute atomic E-state index is 10.2.